The van der Waals surface area contributed by atoms with E-state index in [1.54, 1.807) is 0 Å². The summed E-state index contributed by atoms with van der Waals surface area (Å²) in [5, 5.41) is 14.8. The van der Waals surface area contributed by atoms with Crippen LogP contribution in [-0.2, 0) is 23.9 Å². The molecular weight excluding hydrogens is 963 g/mol. The molecule has 420 valence electrons. The van der Waals surface area contributed by atoms with Crippen molar-refractivity contribution in [1.82, 2.24) is 15.1 Å². The maximum Gasteiger partial charge on any atom is 0.307 e. The molecule has 2 N–H and O–H groups in total. The largest absolute Gasteiger partial charge is 0.466 e. The van der Waals surface area contributed by atoms with Gasteiger partial charge in [-0.2, -0.15) is 0 Å². The van der Waals surface area contributed by atoms with E-state index in [0.717, 1.165) is 114 Å². The molecule has 0 aliphatic carbocycles. The van der Waals surface area contributed by atoms with E-state index in [-0.39, 0.29) is 23.9 Å². The Morgan fingerprint density at radius 3 is 1.58 bits per heavy atom. The number of ether oxygens (including phenoxy) is 2. The second-order valence-electron chi connectivity index (χ2n) is 20.0. The van der Waals surface area contributed by atoms with Crippen LogP contribution in [-0.4, -0.2) is 120 Å². The number of carbonyl (C=O) groups is 3. The Kier molecular flexibility index (Phi) is 55.2. The fourth-order valence-electron chi connectivity index (χ4n) is 8.28. The number of rotatable bonds is 56. The molecule has 13 heteroatoms. The van der Waals surface area contributed by atoms with Crippen LogP contribution in [0.2, 0.25) is 0 Å². The molecule has 0 spiro atoms. The molecule has 0 radical (unpaired) electrons. The summed E-state index contributed by atoms with van der Waals surface area (Å²) in [5.41, 5.74) is 0. The van der Waals surface area contributed by atoms with Crippen molar-refractivity contribution in [2.24, 2.45) is 0 Å². The van der Waals surface area contributed by atoms with Gasteiger partial charge in [-0.15, -0.1) is 0 Å². The van der Waals surface area contributed by atoms with Gasteiger partial charge in [0.05, 0.1) is 32.2 Å². The third kappa shape index (κ3) is 51.3. The van der Waals surface area contributed by atoms with Gasteiger partial charge in [0.2, 0.25) is 5.91 Å². The molecule has 0 rings (SSSR count). The van der Waals surface area contributed by atoms with Crippen molar-refractivity contribution >= 4 is 61.0 Å². The molecule has 1 amide bonds. The van der Waals surface area contributed by atoms with E-state index >= 15 is 0 Å². The number of esters is 2. The summed E-state index contributed by atoms with van der Waals surface area (Å²) in [6.45, 7) is 16.5. The second kappa shape index (κ2) is 55.7. The van der Waals surface area contributed by atoms with Crippen molar-refractivity contribution in [3.63, 3.8) is 0 Å². The summed E-state index contributed by atoms with van der Waals surface area (Å²) in [6.07, 6.45) is 41.2. The van der Waals surface area contributed by atoms with Gasteiger partial charge in [0.1, 0.15) is 0 Å². The fraction of sp³-hybridized carbons (Fsp3) is 0.914. The number of carbonyl (C=O) groups excluding carboxylic acids is 3. The fourth-order valence-corrected chi connectivity index (χ4v) is 14.1. The highest BCUT2D eigenvalue weighted by atomic mass is 33.1. The molecule has 0 aromatic carbocycles. The van der Waals surface area contributed by atoms with Crippen molar-refractivity contribution in [3.05, 3.63) is 12.2 Å². The maximum absolute atomic E-state index is 12.8. The zero-order valence-corrected chi connectivity index (χ0v) is 50.3. The Balaban J connectivity index is 4.50. The Bertz CT molecular complexity index is 1150. The minimum atomic E-state index is -0.199. The number of unbranched alkanes of at least 4 members (excludes halogenated alkanes) is 18. The first-order valence-electron chi connectivity index (χ1n) is 29.6. The Labute approximate surface area is 455 Å². The zero-order chi connectivity index (χ0) is 52.1. The van der Waals surface area contributed by atoms with Crippen molar-refractivity contribution in [1.29, 1.82) is 0 Å². The van der Waals surface area contributed by atoms with Gasteiger partial charge < -0.3 is 29.7 Å². The third-order valence-electron chi connectivity index (χ3n) is 13.2. The van der Waals surface area contributed by atoms with E-state index in [1.807, 2.05) is 21.6 Å². The SMILES string of the molecule is CCCCCC[C@H](O)C/C=C\CCCCCCCC(=O)NCCN(C)CCCN(CCC(=O)OCCCCCCSSC(CC)CCCCC)CCC(=O)OCCCCCCSSC(CC)CCCCC. The number of amides is 1. The average Bonchev–Trinajstić information content (AvgIpc) is 3.36. The summed E-state index contributed by atoms with van der Waals surface area (Å²) >= 11 is 0. The lowest BCUT2D eigenvalue weighted by Crippen LogP contribution is -2.35. The summed E-state index contributed by atoms with van der Waals surface area (Å²) in [4.78, 5) is 42.5. The van der Waals surface area contributed by atoms with Crippen molar-refractivity contribution in [3.8, 4) is 0 Å². The molecule has 71 heavy (non-hydrogen) atoms. The third-order valence-corrected chi connectivity index (χ3v) is 19.5. The number of aliphatic hydroxyl groups is 1. The number of hydrogen-bond donors (Lipinski definition) is 2. The number of nitrogens with one attached hydrogen (secondary N) is 1. The van der Waals surface area contributed by atoms with Gasteiger partial charge in [-0.1, -0.05) is 199 Å². The molecule has 9 nitrogen and oxygen atoms in total. The summed E-state index contributed by atoms with van der Waals surface area (Å²) in [5.74, 6) is 2.18. The Morgan fingerprint density at radius 2 is 1.01 bits per heavy atom. The van der Waals surface area contributed by atoms with Crippen LogP contribution in [0, 0.1) is 0 Å². The molecule has 3 atom stereocenters. The summed E-state index contributed by atoms with van der Waals surface area (Å²) in [7, 11) is 10.3. The van der Waals surface area contributed by atoms with Gasteiger partial charge in [-0.05, 0) is 110 Å². The molecule has 0 aliphatic rings. The second-order valence-corrected chi connectivity index (χ2v) is 25.6. The monoisotopic (exact) mass is 1080 g/mol. The first-order valence-corrected chi connectivity index (χ1v) is 34.3. The lowest BCUT2D eigenvalue weighted by Gasteiger charge is -2.23. The molecule has 0 saturated heterocycles. The minimum Gasteiger partial charge on any atom is -0.466 e. The highest BCUT2D eigenvalue weighted by Gasteiger charge is 2.14. The molecule has 2 unspecified atom stereocenters. The van der Waals surface area contributed by atoms with Gasteiger partial charge in [0.25, 0.3) is 0 Å². The topological polar surface area (TPSA) is 108 Å². The predicted molar refractivity (Wildman–Crippen MR) is 317 cm³/mol. The summed E-state index contributed by atoms with van der Waals surface area (Å²) < 4.78 is 11.3. The van der Waals surface area contributed by atoms with Gasteiger partial charge in [0.15, 0.2) is 0 Å². The molecule has 0 saturated carbocycles. The Morgan fingerprint density at radius 1 is 0.521 bits per heavy atom. The quantitative estimate of drug-likeness (QED) is 0.0262. The Hall–Kier alpha value is -0.570. The number of likely N-dealkylation sites (N-methyl/N-ethyl adjacent to an activating group) is 1. The van der Waals surface area contributed by atoms with Crippen LogP contribution in [0.4, 0.5) is 0 Å². The van der Waals surface area contributed by atoms with Crippen LogP contribution in [0.5, 0.6) is 0 Å². The molecule has 0 aromatic rings. The molecule has 0 heterocycles. The molecule has 0 aromatic heterocycles. The van der Waals surface area contributed by atoms with Crippen LogP contribution in [0.1, 0.15) is 253 Å². The lowest BCUT2D eigenvalue weighted by atomic mass is 10.1. The molecular formula is C58H113N3O6S4. The highest BCUT2D eigenvalue weighted by Crippen LogP contribution is 2.34. The van der Waals surface area contributed by atoms with Gasteiger partial charge in [-0.25, -0.2) is 0 Å². The number of allylic oxidation sites excluding steroid dienone is 1. The standard InChI is InChI=1S/C58H113N3O6S4/c1-7-12-15-28-36-53(62)37-29-20-18-16-17-19-21-30-40-56(63)59-43-48-60(6)44-35-45-61(46-41-57(64)66-49-31-22-24-33-51-68-70-54(10-4)38-26-13-8-2)47-42-58(65)67-50-32-23-25-34-52-69-71-55(11-5)39-27-14-9-3/h20,29,53-55,62H,7-19,21-28,30-52H2,1-6H3,(H,59,63)/b29-20-/t53-,54?,55?/m0/s1. The summed E-state index contributed by atoms with van der Waals surface area (Å²) in [6, 6.07) is 0. The molecule has 0 bridgehead atoms. The lowest BCUT2D eigenvalue weighted by molar-refractivity contribution is -0.144. The normalized spacial score (nSPS) is 13.1. The van der Waals surface area contributed by atoms with Crippen LogP contribution in [0.3, 0.4) is 0 Å². The average molecular weight is 1080 g/mol. The maximum atomic E-state index is 12.8. The van der Waals surface area contributed by atoms with Crippen LogP contribution >= 0.6 is 43.2 Å². The first-order chi connectivity index (χ1) is 34.7. The van der Waals surface area contributed by atoms with Crippen molar-refractivity contribution < 1.29 is 29.0 Å². The zero-order valence-electron chi connectivity index (χ0n) is 47.0. The van der Waals surface area contributed by atoms with E-state index < -0.39 is 0 Å². The predicted octanol–water partition coefficient (Wildman–Crippen LogP) is 16.2. The molecule has 0 aliphatic heterocycles. The van der Waals surface area contributed by atoms with E-state index in [0.29, 0.717) is 52.1 Å². The van der Waals surface area contributed by atoms with Gasteiger partial charge in [-0.3, -0.25) is 14.4 Å². The number of nitrogens with zero attached hydrogens (tertiary/aromatic N) is 2. The van der Waals surface area contributed by atoms with Gasteiger partial charge >= 0.3 is 11.9 Å². The van der Waals surface area contributed by atoms with Gasteiger partial charge in [0, 0.05) is 54.6 Å². The minimum absolute atomic E-state index is 0.129. The van der Waals surface area contributed by atoms with Crippen LogP contribution in [0.25, 0.3) is 0 Å². The highest BCUT2D eigenvalue weighted by molar-refractivity contribution is 8.77. The van der Waals surface area contributed by atoms with E-state index in [2.05, 4.69) is 90.5 Å². The van der Waals surface area contributed by atoms with Crippen molar-refractivity contribution in [2.75, 3.05) is 71.0 Å². The van der Waals surface area contributed by atoms with Crippen LogP contribution in [0.15, 0.2) is 12.2 Å². The molecule has 0 fully saturated rings. The van der Waals surface area contributed by atoms with Crippen molar-refractivity contribution in [2.45, 2.75) is 270 Å². The van der Waals surface area contributed by atoms with E-state index in [4.69, 9.17) is 9.47 Å². The van der Waals surface area contributed by atoms with Crippen LogP contribution < -0.4 is 5.32 Å². The van der Waals surface area contributed by atoms with E-state index in [1.165, 1.54) is 127 Å². The first kappa shape index (κ1) is 70.4. The number of aliphatic hydroxyl groups excluding tert-OH is 1. The van der Waals surface area contributed by atoms with E-state index in [9.17, 15) is 19.5 Å². The smallest absolute Gasteiger partial charge is 0.307 e. The number of hydrogen-bond acceptors (Lipinski definition) is 12.